The fraction of sp³-hybridized carbons (Fsp3) is 0.333. The highest BCUT2D eigenvalue weighted by Gasteiger charge is 2.09. The van der Waals surface area contributed by atoms with Crippen molar-refractivity contribution >= 4 is 21.4 Å². The molecule has 68 valence electrons. The summed E-state index contributed by atoms with van der Waals surface area (Å²) < 4.78 is 0.777. The SMILES string of the molecule is CC(C)c1n[nH]c(=O)c2sccc12. The van der Waals surface area contributed by atoms with Crippen LogP contribution >= 0.6 is 11.3 Å². The number of nitrogens with zero attached hydrogens (tertiary/aromatic N) is 1. The molecule has 0 aliphatic rings. The van der Waals surface area contributed by atoms with E-state index in [1.807, 2.05) is 11.4 Å². The van der Waals surface area contributed by atoms with Crippen LogP contribution in [0.15, 0.2) is 16.2 Å². The fourth-order valence-electron chi connectivity index (χ4n) is 1.35. The summed E-state index contributed by atoms with van der Waals surface area (Å²) in [6.45, 7) is 4.13. The fourth-order valence-corrected chi connectivity index (χ4v) is 2.14. The highest BCUT2D eigenvalue weighted by atomic mass is 32.1. The zero-order valence-corrected chi connectivity index (χ0v) is 8.31. The molecule has 0 amide bonds. The highest BCUT2D eigenvalue weighted by Crippen LogP contribution is 2.23. The second-order valence-corrected chi connectivity index (χ2v) is 4.17. The van der Waals surface area contributed by atoms with Crippen LogP contribution in [-0.4, -0.2) is 10.2 Å². The molecule has 0 bridgehead atoms. The standard InChI is InChI=1S/C9H10N2OS/c1-5(2)7-6-3-4-13-8(6)9(12)11-10-7/h3-5H,1-2H3,(H,11,12). The van der Waals surface area contributed by atoms with Gasteiger partial charge in [0.05, 0.1) is 5.69 Å². The topological polar surface area (TPSA) is 45.8 Å². The third-order valence-corrected chi connectivity index (χ3v) is 2.89. The number of aromatic nitrogens is 2. The van der Waals surface area contributed by atoms with E-state index in [2.05, 4.69) is 24.0 Å². The molecule has 0 saturated carbocycles. The molecule has 2 rings (SSSR count). The highest BCUT2D eigenvalue weighted by molar-refractivity contribution is 7.17. The summed E-state index contributed by atoms with van der Waals surface area (Å²) in [6, 6.07) is 1.96. The number of H-pyrrole nitrogens is 1. The minimum Gasteiger partial charge on any atom is -0.266 e. The second kappa shape index (κ2) is 2.96. The Morgan fingerprint density at radius 3 is 3.00 bits per heavy atom. The Hall–Kier alpha value is -1.16. The van der Waals surface area contributed by atoms with E-state index < -0.39 is 0 Å². The molecule has 3 nitrogen and oxygen atoms in total. The zero-order valence-electron chi connectivity index (χ0n) is 7.50. The summed E-state index contributed by atoms with van der Waals surface area (Å²) in [6.07, 6.45) is 0. The lowest BCUT2D eigenvalue weighted by atomic mass is 10.1. The number of nitrogens with one attached hydrogen (secondary N) is 1. The van der Waals surface area contributed by atoms with Gasteiger partial charge in [0.1, 0.15) is 4.70 Å². The Morgan fingerprint density at radius 1 is 1.54 bits per heavy atom. The molecule has 0 saturated heterocycles. The van der Waals surface area contributed by atoms with Crippen molar-refractivity contribution in [3.05, 3.63) is 27.5 Å². The quantitative estimate of drug-likeness (QED) is 0.755. The van der Waals surface area contributed by atoms with Crippen LogP contribution in [0.3, 0.4) is 0 Å². The molecule has 0 aromatic carbocycles. The van der Waals surface area contributed by atoms with Crippen LogP contribution in [0.2, 0.25) is 0 Å². The summed E-state index contributed by atoms with van der Waals surface area (Å²) in [5.41, 5.74) is 0.880. The van der Waals surface area contributed by atoms with Crippen LogP contribution in [0.4, 0.5) is 0 Å². The smallest absolute Gasteiger partial charge is 0.266 e. The van der Waals surface area contributed by atoms with Crippen molar-refractivity contribution in [2.24, 2.45) is 0 Å². The molecule has 0 atom stereocenters. The summed E-state index contributed by atoms with van der Waals surface area (Å²) >= 11 is 1.46. The lowest BCUT2D eigenvalue weighted by Gasteiger charge is -2.03. The molecule has 2 aromatic rings. The minimum atomic E-state index is -0.0885. The predicted molar refractivity (Wildman–Crippen MR) is 54.3 cm³/mol. The van der Waals surface area contributed by atoms with Crippen molar-refractivity contribution in [3.63, 3.8) is 0 Å². The summed E-state index contributed by atoms with van der Waals surface area (Å²) in [5, 5.41) is 9.48. The first-order valence-electron chi connectivity index (χ1n) is 4.16. The lowest BCUT2D eigenvalue weighted by Crippen LogP contribution is -2.09. The van der Waals surface area contributed by atoms with Gasteiger partial charge in [-0.05, 0) is 17.4 Å². The van der Waals surface area contributed by atoms with Gasteiger partial charge in [-0.1, -0.05) is 13.8 Å². The van der Waals surface area contributed by atoms with Crippen molar-refractivity contribution < 1.29 is 0 Å². The Kier molecular flexibility index (Phi) is 1.92. The molecule has 0 spiro atoms. The van der Waals surface area contributed by atoms with Crippen LogP contribution in [-0.2, 0) is 0 Å². The number of thiophene rings is 1. The average molecular weight is 194 g/mol. The number of hydrogen-bond donors (Lipinski definition) is 1. The first-order valence-corrected chi connectivity index (χ1v) is 5.04. The van der Waals surface area contributed by atoms with Crippen LogP contribution in [0.25, 0.3) is 10.1 Å². The molecule has 2 heterocycles. The van der Waals surface area contributed by atoms with Crippen LogP contribution < -0.4 is 5.56 Å². The summed E-state index contributed by atoms with van der Waals surface area (Å²) in [7, 11) is 0. The van der Waals surface area contributed by atoms with Crippen molar-refractivity contribution in [1.82, 2.24) is 10.2 Å². The van der Waals surface area contributed by atoms with E-state index in [1.165, 1.54) is 11.3 Å². The molecule has 0 aliphatic heterocycles. The third-order valence-electron chi connectivity index (χ3n) is 1.97. The zero-order chi connectivity index (χ0) is 9.42. The third kappa shape index (κ3) is 1.27. The molecular weight excluding hydrogens is 184 g/mol. The van der Waals surface area contributed by atoms with E-state index in [4.69, 9.17) is 0 Å². The summed E-state index contributed by atoms with van der Waals surface area (Å²) in [4.78, 5) is 11.3. The molecule has 2 aromatic heterocycles. The van der Waals surface area contributed by atoms with Gasteiger partial charge in [-0.15, -0.1) is 11.3 Å². The summed E-state index contributed by atoms with van der Waals surface area (Å²) in [5.74, 6) is 0.342. The largest absolute Gasteiger partial charge is 0.282 e. The number of rotatable bonds is 1. The maximum absolute atomic E-state index is 11.3. The molecule has 0 fully saturated rings. The number of aromatic amines is 1. The van der Waals surface area contributed by atoms with E-state index in [0.29, 0.717) is 5.92 Å². The number of hydrogen-bond acceptors (Lipinski definition) is 3. The van der Waals surface area contributed by atoms with Crippen molar-refractivity contribution in [3.8, 4) is 0 Å². The number of fused-ring (bicyclic) bond motifs is 1. The van der Waals surface area contributed by atoms with Crippen LogP contribution in [0, 0.1) is 0 Å². The Labute approximate surface area is 79.4 Å². The predicted octanol–water partition coefficient (Wildman–Crippen LogP) is 2.11. The Morgan fingerprint density at radius 2 is 2.31 bits per heavy atom. The van der Waals surface area contributed by atoms with Crippen LogP contribution in [0.1, 0.15) is 25.5 Å². The maximum Gasteiger partial charge on any atom is 0.282 e. The molecule has 4 heteroatoms. The van der Waals surface area contributed by atoms with E-state index >= 15 is 0 Å². The molecule has 0 unspecified atom stereocenters. The van der Waals surface area contributed by atoms with Gasteiger partial charge >= 0.3 is 0 Å². The molecular formula is C9H10N2OS. The molecule has 0 aliphatic carbocycles. The van der Waals surface area contributed by atoms with Gasteiger partial charge in [0, 0.05) is 5.39 Å². The second-order valence-electron chi connectivity index (χ2n) is 3.26. The molecule has 0 radical (unpaired) electrons. The molecule has 1 N–H and O–H groups in total. The normalized spacial score (nSPS) is 11.3. The Bertz CT molecular complexity index is 484. The van der Waals surface area contributed by atoms with Crippen molar-refractivity contribution in [2.75, 3.05) is 0 Å². The Balaban J connectivity index is 2.86. The maximum atomic E-state index is 11.3. The van der Waals surface area contributed by atoms with Gasteiger partial charge in [0.25, 0.3) is 5.56 Å². The first-order chi connectivity index (χ1) is 6.20. The lowest BCUT2D eigenvalue weighted by molar-refractivity contribution is 0.793. The van der Waals surface area contributed by atoms with E-state index in [1.54, 1.807) is 0 Å². The van der Waals surface area contributed by atoms with Crippen molar-refractivity contribution in [1.29, 1.82) is 0 Å². The van der Waals surface area contributed by atoms with E-state index in [0.717, 1.165) is 15.8 Å². The van der Waals surface area contributed by atoms with Gasteiger partial charge in [-0.3, -0.25) is 4.79 Å². The molecule has 13 heavy (non-hydrogen) atoms. The van der Waals surface area contributed by atoms with E-state index in [9.17, 15) is 4.79 Å². The monoisotopic (exact) mass is 194 g/mol. The van der Waals surface area contributed by atoms with Gasteiger partial charge in [-0.2, -0.15) is 5.10 Å². The van der Waals surface area contributed by atoms with Crippen LogP contribution in [0.5, 0.6) is 0 Å². The van der Waals surface area contributed by atoms with Gasteiger partial charge in [0.15, 0.2) is 0 Å². The van der Waals surface area contributed by atoms with E-state index in [-0.39, 0.29) is 5.56 Å². The van der Waals surface area contributed by atoms with Gasteiger partial charge in [0.2, 0.25) is 0 Å². The minimum absolute atomic E-state index is 0.0885. The van der Waals surface area contributed by atoms with Gasteiger partial charge < -0.3 is 0 Å². The van der Waals surface area contributed by atoms with Crippen molar-refractivity contribution in [2.45, 2.75) is 19.8 Å². The van der Waals surface area contributed by atoms with Gasteiger partial charge in [-0.25, -0.2) is 5.10 Å². The average Bonchev–Trinajstić information content (AvgIpc) is 2.53. The first kappa shape index (κ1) is 8.44.